The molecule has 0 unspecified atom stereocenters. The van der Waals surface area contributed by atoms with Gasteiger partial charge in [0.15, 0.2) is 11.6 Å². The molecule has 16 rings (SSSR count). The molecule has 392 valence electrons. The Kier molecular flexibility index (Phi) is 10.1. The van der Waals surface area contributed by atoms with Crippen LogP contribution >= 0.6 is 0 Å². The summed E-state index contributed by atoms with van der Waals surface area (Å²) in [6.45, 7) is 18.7. The lowest BCUT2D eigenvalue weighted by Crippen LogP contribution is -2.15. The third-order valence-corrected chi connectivity index (χ3v) is 19.4. The van der Waals surface area contributed by atoms with Crippen molar-refractivity contribution < 1.29 is 0 Å². The van der Waals surface area contributed by atoms with Crippen LogP contribution in [0.25, 0.3) is 123 Å². The maximum Gasteiger partial charge on any atom is 0.161 e. The number of benzene rings is 10. The maximum atomic E-state index is 5.58. The minimum absolute atomic E-state index is 0.168. The number of aromatic nitrogens is 4. The number of nitrogens with zero attached hydrogens (tertiary/aromatic N) is 4. The molecule has 12 aromatic rings. The highest BCUT2D eigenvalue weighted by Crippen LogP contribution is 2.54. The Morgan fingerprint density at radius 2 is 0.439 bits per heavy atom. The predicted octanol–water partition coefficient (Wildman–Crippen LogP) is 19.6. The Morgan fingerprint density at radius 3 is 0.707 bits per heavy atom. The Labute approximate surface area is 480 Å². The quantitative estimate of drug-likeness (QED) is 0.167. The number of hydrogen-bond acceptors (Lipinski definition) is 4. The van der Waals surface area contributed by atoms with Gasteiger partial charge in [-0.2, -0.15) is 0 Å². The molecule has 10 aromatic carbocycles. The maximum absolute atomic E-state index is 5.58. The highest BCUT2D eigenvalue weighted by Gasteiger charge is 2.39. The first-order chi connectivity index (χ1) is 39.6. The van der Waals surface area contributed by atoms with Gasteiger partial charge in [0.05, 0.1) is 22.8 Å². The van der Waals surface area contributed by atoms with Gasteiger partial charge in [-0.3, -0.25) is 0 Å². The van der Waals surface area contributed by atoms with Crippen molar-refractivity contribution in [2.75, 3.05) is 0 Å². The average molecular weight is 1050 g/mol. The van der Waals surface area contributed by atoms with Crippen LogP contribution in [0.4, 0.5) is 0 Å². The normalized spacial score (nSPS) is 15.5. The zero-order chi connectivity index (χ0) is 55.6. The third-order valence-electron chi connectivity index (χ3n) is 19.4. The van der Waals surface area contributed by atoms with E-state index in [1.54, 1.807) is 0 Å². The first-order valence-corrected chi connectivity index (χ1v) is 28.9. The fraction of sp³-hybridized carbons (Fsp3) is 0.154. The molecule has 4 aliphatic carbocycles. The lowest BCUT2D eigenvalue weighted by molar-refractivity contribution is 0.660. The third kappa shape index (κ3) is 6.91. The molecule has 0 aliphatic heterocycles. The van der Waals surface area contributed by atoms with Crippen LogP contribution in [0, 0.1) is 0 Å². The van der Waals surface area contributed by atoms with Crippen molar-refractivity contribution >= 4 is 10.8 Å². The molecule has 0 saturated heterocycles. The van der Waals surface area contributed by atoms with Crippen LogP contribution in [0.2, 0.25) is 0 Å². The van der Waals surface area contributed by atoms with Crippen molar-refractivity contribution in [2.24, 2.45) is 0 Å². The molecule has 2 heterocycles. The van der Waals surface area contributed by atoms with Gasteiger partial charge in [0.2, 0.25) is 0 Å². The van der Waals surface area contributed by atoms with Crippen LogP contribution < -0.4 is 0 Å². The van der Waals surface area contributed by atoms with E-state index < -0.39 is 0 Å². The lowest BCUT2D eigenvalue weighted by Gasteiger charge is -2.22. The van der Waals surface area contributed by atoms with E-state index in [9.17, 15) is 0 Å². The average Bonchev–Trinajstić information content (AvgIpc) is 3.98. The van der Waals surface area contributed by atoms with Crippen molar-refractivity contribution in [2.45, 2.75) is 77.0 Å². The van der Waals surface area contributed by atoms with Crippen LogP contribution in [-0.4, -0.2) is 19.9 Å². The van der Waals surface area contributed by atoms with Crippen molar-refractivity contribution in [3.05, 3.63) is 263 Å². The van der Waals surface area contributed by atoms with Crippen LogP contribution in [0.5, 0.6) is 0 Å². The van der Waals surface area contributed by atoms with Gasteiger partial charge < -0.3 is 0 Å². The molecule has 0 radical (unpaired) electrons. The fourth-order valence-corrected chi connectivity index (χ4v) is 14.9. The fourth-order valence-electron chi connectivity index (χ4n) is 14.9. The zero-order valence-corrected chi connectivity index (χ0v) is 47.6. The summed E-state index contributed by atoms with van der Waals surface area (Å²) in [6.07, 6.45) is 0. The molecular formula is C78H60N4. The van der Waals surface area contributed by atoms with Gasteiger partial charge in [0.1, 0.15) is 0 Å². The van der Waals surface area contributed by atoms with Crippen molar-refractivity contribution in [1.29, 1.82) is 0 Å². The molecule has 4 aliphatic rings. The summed E-state index contributed by atoms with van der Waals surface area (Å²) in [6, 6.07) is 80.5. The molecule has 82 heavy (non-hydrogen) atoms. The summed E-state index contributed by atoms with van der Waals surface area (Å²) in [4.78, 5) is 22.3. The molecule has 0 atom stereocenters. The first-order valence-electron chi connectivity index (χ1n) is 28.9. The monoisotopic (exact) mass is 1050 g/mol. The first kappa shape index (κ1) is 48.5. The topological polar surface area (TPSA) is 51.6 Å². The lowest BCUT2D eigenvalue weighted by atomic mass is 9.81. The Balaban J connectivity index is 0.876. The Hall–Kier alpha value is -9.38. The van der Waals surface area contributed by atoms with Crippen molar-refractivity contribution in [3.8, 4) is 112 Å². The Bertz CT molecular complexity index is 4210. The Morgan fingerprint density at radius 1 is 0.207 bits per heavy atom. The van der Waals surface area contributed by atoms with Gasteiger partial charge in [-0.1, -0.05) is 237 Å². The van der Waals surface area contributed by atoms with Crippen molar-refractivity contribution in [3.63, 3.8) is 0 Å². The number of rotatable bonds is 6. The summed E-state index contributed by atoms with van der Waals surface area (Å²) < 4.78 is 0. The van der Waals surface area contributed by atoms with Gasteiger partial charge >= 0.3 is 0 Å². The van der Waals surface area contributed by atoms with Crippen molar-refractivity contribution in [1.82, 2.24) is 19.9 Å². The second kappa shape index (κ2) is 17.1. The molecule has 0 saturated carbocycles. The molecule has 0 spiro atoms. The SMILES string of the molecule is CC1(C)c2ccccc2-c2ccc(-c3cc(-c4ccc5c(c4)C(C)(C)c4ccccc4-5)nc(-c4cccc5c(-c6nc(-c7ccc8c(c7)C(C)(C)c7ccccc7-8)cc(-c7ccc8c(c7)C(C)(C)c7ccccc7-8)n6)cccc45)n3)cc21. The van der Waals surface area contributed by atoms with Gasteiger partial charge in [0, 0.05) is 55.0 Å². The molecule has 4 nitrogen and oxygen atoms in total. The molecule has 4 heteroatoms. The van der Waals surface area contributed by atoms with Crippen LogP contribution in [0.3, 0.4) is 0 Å². The predicted molar refractivity (Wildman–Crippen MR) is 338 cm³/mol. The molecule has 0 fully saturated rings. The molecule has 0 amide bonds. The highest BCUT2D eigenvalue weighted by molar-refractivity contribution is 6.03. The summed E-state index contributed by atoms with van der Waals surface area (Å²) in [5, 5.41) is 2.06. The van der Waals surface area contributed by atoms with Gasteiger partial charge in [0.25, 0.3) is 0 Å². The number of fused-ring (bicyclic) bond motifs is 13. The summed E-state index contributed by atoms with van der Waals surface area (Å²) in [5.41, 5.74) is 30.0. The van der Waals surface area contributed by atoms with Gasteiger partial charge in [-0.05, 0) is 136 Å². The van der Waals surface area contributed by atoms with E-state index in [1.165, 1.54) is 89.0 Å². The minimum Gasteiger partial charge on any atom is -0.228 e. The second-order valence-corrected chi connectivity index (χ2v) is 25.4. The molecule has 2 aromatic heterocycles. The zero-order valence-electron chi connectivity index (χ0n) is 47.6. The van der Waals surface area contributed by atoms with E-state index in [1.807, 2.05) is 0 Å². The largest absolute Gasteiger partial charge is 0.228 e. The van der Waals surface area contributed by atoms with E-state index in [0.29, 0.717) is 11.6 Å². The van der Waals surface area contributed by atoms with E-state index in [4.69, 9.17) is 19.9 Å². The van der Waals surface area contributed by atoms with E-state index in [0.717, 1.165) is 66.9 Å². The van der Waals surface area contributed by atoms with Gasteiger partial charge in [-0.25, -0.2) is 19.9 Å². The van der Waals surface area contributed by atoms with E-state index in [-0.39, 0.29) is 21.7 Å². The molecular weight excluding hydrogens is 993 g/mol. The van der Waals surface area contributed by atoms with Crippen LogP contribution in [0.1, 0.15) is 99.9 Å². The minimum atomic E-state index is -0.168. The number of hydrogen-bond donors (Lipinski definition) is 0. The summed E-state index contributed by atoms with van der Waals surface area (Å²) in [7, 11) is 0. The smallest absolute Gasteiger partial charge is 0.161 e. The summed E-state index contributed by atoms with van der Waals surface area (Å²) >= 11 is 0. The standard InChI is InChI=1S/C78H60N4/c1-75(2)61-27-13-9-19-51(61)55-35-31-45(39-65(55)75)69-43-70(46-32-36-56-52-20-10-14-28-62(52)76(3,4)66(56)40-46)80-73(79-69)59-25-17-24-50-49(59)23-18-26-60(50)74-81-71(47-33-37-57-53-21-11-15-29-63(53)77(5,6)67(57)41-47)44-72(82-74)48-34-38-58-54-22-12-16-30-64(54)78(7,8)68(58)42-48/h9-44H,1-8H3. The van der Waals surface area contributed by atoms with Gasteiger partial charge in [-0.15, -0.1) is 0 Å². The molecule has 0 bridgehead atoms. The summed E-state index contributed by atoms with van der Waals surface area (Å²) in [5.74, 6) is 1.33. The molecule has 0 N–H and O–H groups in total. The highest BCUT2D eigenvalue weighted by atomic mass is 14.9. The van der Waals surface area contributed by atoms with E-state index >= 15 is 0 Å². The van der Waals surface area contributed by atoms with Crippen LogP contribution in [0.15, 0.2) is 218 Å². The van der Waals surface area contributed by atoms with E-state index in [2.05, 4.69) is 274 Å². The van der Waals surface area contributed by atoms with Crippen LogP contribution in [-0.2, 0) is 21.7 Å². The second-order valence-electron chi connectivity index (χ2n) is 25.4.